The first-order valence-electron chi connectivity index (χ1n) is 12.1. The number of fused-ring (bicyclic) bond motifs is 1. The Morgan fingerprint density at radius 2 is 1.50 bits per heavy atom. The molecule has 0 radical (unpaired) electrons. The van der Waals surface area contributed by atoms with Gasteiger partial charge in [-0.05, 0) is 49.2 Å². The van der Waals surface area contributed by atoms with E-state index in [9.17, 15) is 10.1 Å². The van der Waals surface area contributed by atoms with E-state index >= 15 is 0 Å². The normalized spacial score (nSPS) is 20.3. The number of para-hydroxylation sites is 2. The number of amides is 1. The van der Waals surface area contributed by atoms with Gasteiger partial charge in [-0.15, -0.1) is 0 Å². The molecule has 0 spiro atoms. The maximum atomic E-state index is 14.0. The van der Waals surface area contributed by atoms with Crippen LogP contribution in [-0.2, 0) is 10.2 Å². The molecule has 0 saturated carbocycles. The van der Waals surface area contributed by atoms with Gasteiger partial charge < -0.3 is 9.80 Å². The topological polar surface area (TPSA) is 50.6 Å². The lowest BCUT2D eigenvalue weighted by molar-refractivity contribution is -0.122. The summed E-state index contributed by atoms with van der Waals surface area (Å²) in [6.07, 6.45) is 0.748. The van der Waals surface area contributed by atoms with Crippen molar-refractivity contribution in [1.29, 1.82) is 5.26 Å². The van der Waals surface area contributed by atoms with E-state index in [1.165, 1.54) is 0 Å². The fraction of sp³-hybridized carbons (Fsp3) is 0.310. The number of carbonyl (C=O) groups is 1. The summed E-state index contributed by atoms with van der Waals surface area (Å²) in [6.45, 7) is 7.15. The van der Waals surface area contributed by atoms with Gasteiger partial charge >= 0.3 is 0 Å². The Bertz CT molecular complexity index is 1210. The van der Waals surface area contributed by atoms with E-state index in [1.807, 2.05) is 66.4 Å². The molecular weight excluding hydrogens is 420 g/mol. The highest BCUT2D eigenvalue weighted by molar-refractivity contribution is 6.10. The summed E-state index contributed by atoms with van der Waals surface area (Å²) in [4.78, 5) is 20.7. The van der Waals surface area contributed by atoms with E-state index in [1.54, 1.807) is 0 Å². The second kappa shape index (κ2) is 9.32. The van der Waals surface area contributed by atoms with Crippen molar-refractivity contribution in [2.45, 2.75) is 18.8 Å². The van der Waals surface area contributed by atoms with Crippen LogP contribution in [0, 0.1) is 11.3 Å². The smallest absolute Gasteiger partial charge is 0.242 e. The minimum Gasteiger partial charge on any atom is -0.368 e. The van der Waals surface area contributed by atoms with Crippen molar-refractivity contribution in [1.82, 2.24) is 4.90 Å². The molecule has 1 unspecified atom stereocenters. The third-order valence-corrected chi connectivity index (χ3v) is 7.39. The molecule has 3 aromatic rings. The molecule has 5 rings (SSSR count). The molecule has 1 atom stereocenters. The molecular formula is C29H30N4O. The zero-order chi connectivity index (χ0) is 23.5. The van der Waals surface area contributed by atoms with Crippen molar-refractivity contribution in [3.8, 4) is 6.07 Å². The highest BCUT2D eigenvalue weighted by Crippen LogP contribution is 2.48. The van der Waals surface area contributed by atoms with Crippen molar-refractivity contribution < 1.29 is 4.79 Å². The first-order valence-corrected chi connectivity index (χ1v) is 12.1. The molecule has 5 heteroatoms. The SMILES string of the molecule is CCN1C(=O)C(CCN2CCN(c3ccccc3C#N)CC2)(c2ccccc2)c2ccccc21. The molecule has 2 aliphatic heterocycles. The van der Waals surface area contributed by atoms with Gasteiger partial charge in [0.1, 0.15) is 11.5 Å². The van der Waals surface area contributed by atoms with Crippen LogP contribution < -0.4 is 9.80 Å². The van der Waals surface area contributed by atoms with Crippen LogP contribution in [-0.4, -0.2) is 50.1 Å². The van der Waals surface area contributed by atoms with Crippen molar-refractivity contribution in [3.05, 3.63) is 95.6 Å². The average Bonchev–Trinajstić information content (AvgIpc) is 3.16. The summed E-state index contributed by atoms with van der Waals surface area (Å²) in [5.41, 5.74) is 4.32. The molecule has 3 aromatic carbocycles. The molecule has 5 nitrogen and oxygen atoms in total. The van der Waals surface area contributed by atoms with Crippen molar-refractivity contribution in [2.75, 3.05) is 49.1 Å². The van der Waals surface area contributed by atoms with Crippen LogP contribution in [0.25, 0.3) is 0 Å². The Balaban J connectivity index is 1.38. The van der Waals surface area contributed by atoms with Crippen LogP contribution >= 0.6 is 0 Å². The summed E-state index contributed by atoms with van der Waals surface area (Å²) in [6, 6.07) is 28.7. The molecule has 2 heterocycles. The van der Waals surface area contributed by atoms with Crippen LogP contribution in [0.4, 0.5) is 11.4 Å². The van der Waals surface area contributed by atoms with Crippen LogP contribution in [0.1, 0.15) is 30.0 Å². The van der Waals surface area contributed by atoms with Crippen LogP contribution in [0.2, 0.25) is 0 Å². The molecule has 2 aliphatic rings. The second-order valence-electron chi connectivity index (χ2n) is 9.05. The Hall–Kier alpha value is -3.62. The third-order valence-electron chi connectivity index (χ3n) is 7.39. The molecule has 1 amide bonds. The van der Waals surface area contributed by atoms with E-state index in [4.69, 9.17) is 0 Å². The molecule has 0 N–H and O–H groups in total. The average molecular weight is 451 g/mol. The molecule has 0 aromatic heterocycles. The maximum Gasteiger partial charge on any atom is 0.242 e. The quantitative estimate of drug-likeness (QED) is 0.558. The standard InChI is InChI=1S/C29H30N4O/c1-2-33-27-15-9-7-13-25(27)29(28(33)34,24-11-4-3-5-12-24)16-17-31-18-20-32(21-19-31)26-14-8-6-10-23(26)22-30/h3-15H,2,16-21H2,1H3. The van der Waals surface area contributed by atoms with Crippen molar-refractivity contribution in [3.63, 3.8) is 0 Å². The summed E-state index contributed by atoms with van der Waals surface area (Å²) in [5, 5.41) is 9.47. The molecule has 0 aliphatic carbocycles. The number of rotatable bonds is 6. The van der Waals surface area contributed by atoms with Crippen molar-refractivity contribution >= 4 is 17.3 Å². The summed E-state index contributed by atoms with van der Waals surface area (Å²) < 4.78 is 0. The minimum absolute atomic E-state index is 0.184. The van der Waals surface area contributed by atoms with Gasteiger partial charge in [0.15, 0.2) is 0 Å². The highest BCUT2D eigenvalue weighted by Gasteiger charge is 2.51. The van der Waals surface area contributed by atoms with Crippen LogP contribution in [0.15, 0.2) is 78.9 Å². The fourth-order valence-corrected chi connectivity index (χ4v) is 5.61. The van der Waals surface area contributed by atoms with E-state index in [0.717, 1.165) is 67.2 Å². The van der Waals surface area contributed by atoms with Crippen LogP contribution in [0.3, 0.4) is 0 Å². The predicted octanol–water partition coefficient (Wildman–Crippen LogP) is 4.42. The summed E-state index contributed by atoms with van der Waals surface area (Å²) >= 11 is 0. The number of nitriles is 1. The minimum atomic E-state index is -0.654. The zero-order valence-electron chi connectivity index (χ0n) is 19.7. The second-order valence-corrected chi connectivity index (χ2v) is 9.05. The van der Waals surface area contributed by atoms with E-state index < -0.39 is 5.41 Å². The number of nitrogens with zero attached hydrogens (tertiary/aromatic N) is 4. The number of piperazine rings is 1. The highest BCUT2D eigenvalue weighted by atomic mass is 16.2. The lowest BCUT2D eigenvalue weighted by Crippen LogP contribution is -2.49. The molecule has 1 fully saturated rings. The van der Waals surface area contributed by atoms with Crippen molar-refractivity contribution in [2.24, 2.45) is 0 Å². The predicted molar refractivity (Wildman–Crippen MR) is 136 cm³/mol. The summed E-state index contributed by atoms with van der Waals surface area (Å²) in [5.74, 6) is 0.184. The zero-order valence-corrected chi connectivity index (χ0v) is 19.7. The van der Waals surface area contributed by atoms with Gasteiger partial charge in [-0.3, -0.25) is 9.69 Å². The van der Waals surface area contributed by atoms with Gasteiger partial charge in [-0.1, -0.05) is 60.7 Å². The molecule has 172 valence electrons. The van der Waals surface area contributed by atoms with Gasteiger partial charge in [-0.2, -0.15) is 5.26 Å². The van der Waals surface area contributed by atoms with Gasteiger partial charge in [0, 0.05) is 38.4 Å². The van der Waals surface area contributed by atoms with Crippen LogP contribution in [0.5, 0.6) is 0 Å². The van der Waals surface area contributed by atoms with E-state index in [-0.39, 0.29) is 5.91 Å². The number of hydrogen-bond acceptors (Lipinski definition) is 4. The van der Waals surface area contributed by atoms with Gasteiger partial charge in [0.05, 0.1) is 11.3 Å². The first-order chi connectivity index (χ1) is 16.7. The number of carbonyl (C=O) groups excluding carboxylic acids is 1. The third kappa shape index (κ3) is 3.65. The van der Waals surface area contributed by atoms with Gasteiger partial charge in [0.25, 0.3) is 0 Å². The van der Waals surface area contributed by atoms with Gasteiger partial charge in [0.2, 0.25) is 5.91 Å². The largest absolute Gasteiger partial charge is 0.368 e. The lowest BCUT2D eigenvalue weighted by Gasteiger charge is -2.38. The molecule has 0 bridgehead atoms. The Morgan fingerprint density at radius 3 is 2.21 bits per heavy atom. The molecule has 34 heavy (non-hydrogen) atoms. The number of hydrogen-bond donors (Lipinski definition) is 0. The number of likely N-dealkylation sites (N-methyl/N-ethyl adjacent to an activating group) is 1. The Labute approximate surface area is 201 Å². The number of benzene rings is 3. The Morgan fingerprint density at radius 1 is 0.853 bits per heavy atom. The van der Waals surface area contributed by atoms with E-state index in [2.05, 4.69) is 40.1 Å². The summed E-state index contributed by atoms with van der Waals surface area (Å²) in [7, 11) is 0. The first kappa shape index (κ1) is 22.2. The van der Waals surface area contributed by atoms with E-state index in [0.29, 0.717) is 6.54 Å². The van der Waals surface area contributed by atoms with Gasteiger partial charge in [-0.25, -0.2) is 0 Å². The number of anilines is 2. The fourth-order valence-electron chi connectivity index (χ4n) is 5.61. The maximum absolute atomic E-state index is 14.0. The monoisotopic (exact) mass is 450 g/mol. The molecule has 1 saturated heterocycles. The Kier molecular flexibility index (Phi) is 6.08. The lowest BCUT2D eigenvalue weighted by atomic mass is 9.72.